The zero-order valence-electron chi connectivity index (χ0n) is 11.2. The number of rotatable bonds is 3. The largest absolute Gasteiger partial charge is 0.425 e. The molecule has 0 N–H and O–H groups in total. The lowest BCUT2D eigenvalue weighted by Crippen LogP contribution is -2.22. The first-order valence-corrected chi connectivity index (χ1v) is 8.94. The Morgan fingerprint density at radius 2 is 2.05 bits per heavy atom. The molecule has 0 saturated carbocycles. The van der Waals surface area contributed by atoms with Crippen molar-refractivity contribution < 1.29 is 13.9 Å². The molecule has 2 heterocycles. The van der Waals surface area contributed by atoms with Gasteiger partial charge in [0.1, 0.15) is 12.4 Å². The number of halogens is 2. The quantitative estimate of drug-likeness (QED) is 0.583. The number of benzene rings is 1. The minimum absolute atomic E-state index is 0.185. The van der Waals surface area contributed by atoms with Crippen LogP contribution in [0, 0.1) is 7.14 Å². The molecule has 0 radical (unpaired) electrons. The second kappa shape index (κ2) is 6.93. The van der Waals surface area contributed by atoms with E-state index in [0.29, 0.717) is 11.1 Å². The van der Waals surface area contributed by atoms with Gasteiger partial charge in [0.2, 0.25) is 0 Å². The van der Waals surface area contributed by atoms with Gasteiger partial charge in [-0.2, -0.15) is 0 Å². The molecule has 3 rings (SSSR count). The van der Waals surface area contributed by atoms with Gasteiger partial charge in [-0.05, 0) is 82.6 Å². The Kier molecular flexibility index (Phi) is 5.18. The van der Waals surface area contributed by atoms with E-state index in [-0.39, 0.29) is 18.5 Å². The standard InChI is InChI=1S/C15H14I2O4/c16-9-5-12-11(13(17)6-9)7-10(21-15(12)18)8-20-14-3-1-2-4-19-14/h5-7,14H,1-4,8H2. The molecule has 0 bridgehead atoms. The van der Waals surface area contributed by atoms with Crippen molar-refractivity contribution in [3.63, 3.8) is 0 Å². The first-order chi connectivity index (χ1) is 10.1. The lowest BCUT2D eigenvalue weighted by Gasteiger charge is -2.22. The van der Waals surface area contributed by atoms with E-state index in [9.17, 15) is 4.79 Å². The van der Waals surface area contributed by atoms with Crippen LogP contribution in [-0.2, 0) is 16.1 Å². The minimum Gasteiger partial charge on any atom is -0.425 e. The Bertz CT molecular complexity index is 705. The molecule has 0 spiro atoms. The average Bonchev–Trinajstić information content (AvgIpc) is 2.47. The number of fused-ring (bicyclic) bond motifs is 1. The van der Waals surface area contributed by atoms with Crippen LogP contribution in [0.15, 0.2) is 27.4 Å². The van der Waals surface area contributed by atoms with Crippen molar-refractivity contribution in [2.45, 2.75) is 32.2 Å². The second-order valence-electron chi connectivity index (χ2n) is 4.96. The summed E-state index contributed by atoms with van der Waals surface area (Å²) in [6.07, 6.45) is 2.91. The van der Waals surface area contributed by atoms with Crippen LogP contribution < -0.4 is 5.63 Å². The Labute approximate surface area is 149 Å². The summed E-state index contributed by atoms with van der Waals surface area (Å²) in [4.78, 5) is 12.1. The van der Waals surface area contributed by atoms with Crippen LogP contribution in [0.4, 0.5) is 0 Å². The highest BCUT2D eigenvalue weighted by molar-refractivity contribution is 14.1. The maximum Gasteiger partial charge on any atom is 0.343 e. The van der Waals surface area contributed by atoms with E-state index in [4.69, 9.17) is 13.9 Å². The fraction of sp³-hybridized carbons (Fsp3) is 0.400. The highest BCUT2D eigenvalue weighted by atomic mass is 127. The number of hydrogen-bond acceptors (Lipinski definition) is 4. The molecule has 1 aliphatic rings. The third kappa shape index (κ3) is 3.77. The molecule has 21 heavy (non-hydrogen) atoms. The summed E-state index contributed by atoms with van der Waals surface area (Å²) in [5.74, 6) is 0.542. The van der Waals surface area contributed by atoms with Crippen molar-refractivity contribution >= 4 is 56.0 Å². The molecular weight excluding hydrogens is 498 g/mol. The summed E-state index contributed by atoms with van der Waals surface area (Å²) in [6, 6.07) is 5.77. The van der Waals surface area contributed by atoms with E-state index in [1.165, 1.54) is 0 Å². The van der Waals surface area contributed by atoms with Gasteiger partial charge >= 0.3 is 5.63 Å². The third-order valence-corrected chi connectivity index (χ3v) is 4.91. The Balaban J connectivity index is 1.84. The van der Waals surface area contributed by atoms with E-state index in [1.807, 2.05) is 18.2 Å². The highest BCUT2D eigenvalue weighted by Crippen LogP contribution is 2.23. The van der Waals surface area contributed by atoms with Crippen LogP contribution in [-0.4, -0.2) is 12.9 Å². The lowest BCUT2D eigenvalue weighted by molar-refractivity contribution is -0.171. The van der Waals surface area contributed by atoms with E-state index in [0.717, 1.165) is 38.4 Å². The van der Waals surface area contributed by atoms with Gasteiger partial charge in [-0.25, -0.2) is 4.79 Å². The van der Waals surface area contributed by atoms with Crippen molar-refractivity contribution in [1.29, 1.82) is 0 Å². The van der Waals surface area contributed by atoms with Gasteiger partial charge in [0.25, 0.3) is 0 Å². The molecule has 1 atom stereocenters. The summed E-state index contributed by atoms with van der Waals surface area (Å²) < 4.78 is 18.6. The van der Waals surface area contributed by atoms with Crippen LogP contribution >= 0.6 is 45.2 Å². The molecule has 1 aromatic heterocycles. The number of hydrogen-bond donors (Lipinski definition) is 0. The van der Waals surface area contributed by atoms with Crippen molar-refractivity contribution in [2.75, 3.05) is 6.61 Å². The van der Waals surface area contributed by atoms with Gasteiger partial charge < -0.3 is 13.9 Å². The van der Waals surface area contributed by atoms with Crippen molar-refractivity contribution in [1.82, 2.24) is 0 Å². The summed E-state index contributed by atoms with van der Waals surface area (Å²) in [5.41, 5.74) is -0.313. The van der Waals surface area contributed by atoms with Gasteiger partial charge in [-0.3, -0.25) is 0 Å². The number of ether oxygens (including phenoxy) is 2. The van der Waals surface area contributed by atoms with E-state index < -0.39 is 0 Å². The fourth-order valence-corrected chi connectivity index (χ4v) is 4.35. The molecule has 0 amide bonds. The molecule has 4 nitrogen and oxygen atoms in total. The third-order valence-electron chi connectivity index (χ3n) is 3.39. The Morgan fingerprint density at radius 3 is 2.81 bits per heavy atom. The summed E-state index contributed by atoms with van der Waals surface area (Å²) in [5, 5.41) is 1.53. The van der Waals surface area contributed by atoms with Gasteiger partial charge in [0.15, 0.2) is 6.29 Å². The van der Waals surface area contributed by atoms with Crippen LogP contribution in [0.2, 0.25) is 0 Å². The van der Waals surface area contributed by atoms with Gasteiger partial charge in [0.05, 0.1) is 5.39 Å². The van der Waals surface area contributed by atoms with Crippen LogP contribution in [0.5, 0.6) is 0 Å². The van der Waals surface area contributed by atoms with Crippen molar-refractivity contribution in [3.8, 4) is 0 Å². The molecule has 1 unspecified atom stereocenters. The molecular formula is C15H14I2O4. The molecule has 1 aliphatic heterocycles. The highest BCUT2D eigenvalue weighted by Gasteiger charge is 2.15. The molecule has 1 aromatic carbocycles. The van der Waals surface area contributed by atoms with E-state index in [1.54, 1.807) is 0 Å². The molecule has 6 heteroatoms. The predicted octanol–water partition coefficient (Wildman–Crippen LogP) is 4.05. The Hall–Kier alpha value is -0.190. The van der Waals surface area contributed by atoms with Crippen molar-refractivity contribution in [3.05, 3.63) is 41.5 Å². The van der Waals surface area contributed by atoms with Crippen molar-refractivity contribution in [2.24, 2.45) is 0 Å². The zero-order valence-corrected chi connectivity index (χ0v) is 15.5. The maximum absolute atomic E-state index is 12.1. The van der Waals surface area contributed by atoms with Crippen LogP contribution in [0.3, 0.4) is 0 Å². The van der Waals surface area contributed by atoms with Crippen LogP contribution in [0.1, 0.15) is 25.0 Å². The molecule has 1 saturated heterocycles. The predicted molar refractivity (Wildman–Crippen MR) is 96.3 cm³/mol. The average molecular weight is 512 g/mol. The maximum atomic E-state index is 12.1. The SMILES string of the molecule is O=c1oc(COC2CCCCO2)cc2c(I)cc(I)cc12. The van der Waals surface area contributed by atoms with Crippen LogP contribution in [0.25, 0.3) is 10.8 Å². The molecule has 2 aromatic rings. The first-order valence-electron chi connectivity index (χ1n) is 6.78. The normalized spacial score (nSPS) is 19.0. The summed E-state index contributed by atoms with van der Waals surface area (Å²) in [7, 11) is 0. The molecule has 112 valence electrons. The second-order valence-corrected chi connectivity index (χ2v) is 7.36. The smallest absolute Gasteiger partial charge is 0.343 e. The Morgan fingerprint density at radius 1 is 1.19 bits per heavy atom. The van der Waals surface area contributed by atoms with Gasteiger partial charge in [0, 0.05) is 19.1 Å². The zero-order chi connectivity index (χ0) is 14.8. The monoisotopic (exact) mass is 512 g/mol. The minimum atomic E-state index is -0.313. The summed E-state index contributed by atoms with van der Waals surface area (Å²) >= 11 is 4.44. The van der Waals surface area contributed by atoms with E-state index >= 15 is 0 Å². The lowest BCUT2D eigenvalue weighted by atomic mass is 10.2. The van der Waals surface area contributed by atoms with Gasteiger partial charge in [-0.15, -0.1) is 0 Å². The summed E-state index contributed by atoms with van der Waals surface area (Å²) in [6.45, 7) is 1.00. The fourth-order valence-electron chi connectivity index (χ4n) is 2.35. The first kappa shape index (κ1) is 15.7. The van der Waals surface area contributed by atoms with Gasteiger partial charge in [-0.1, -0.05) is 0 Å². The topological polar surface area (TPSA) is 48.7 Å². The molecule has 0 aliphatic carbocycles. The molecule has 1 fully saturated rings. The van der Waals surface area contributed by atoms with E-state index in [2.05, 4.69) is 45.2 Å².